The van der Waals surface area contributed by atoms with Crippen LogP contribution in [0, 0.1) is 30.6 Å². The van der Waals surface area contributed by atoms with E-state index in [2.05, 4.69) is 5.32 Å². The Hall–Kier alpha value is -2.89. The second-order valence-electron chi connectivity index (χ2n) is 6.79. The van der Waals surface area contributed by atoms with Crippen LogP contribution in [0.15, 0.2) is 45.6 Å². The van der Waals surface area contributed by atoms with E-state index in [-0.39, 0.29) is 17.7 Å². The number of anilines is 1. The third-order valence-corrected chi connectivity index (χ3v) is 5.27. The van der Waals surface area contributed by atoms with Crippen LogP contribution in [-0.4, -0.2) is 17.0 Å². The van der Waals surface area contributed by atoms with Gasteiger partial charge in [-0.05, 0) is 42.9 Å². The fourth-order valence-electron chi connectivity index (χ4n) is 4.14. The molecule has 0 aliphatic heterocycles. The van der Waals surface area contributed by atoms with E-state index in [4.69, 9.17) is 4.42 Å². The number of carbonyl (C=O) groups excluding carboxylic acids is 1. The van der Waals surface area contributed by atoms with Crippen molar-refractivity contribution in [3.63, 3.8) is 0 Å². The topological polar surface area (TPSA) is 96.6 Å². The van der Waals surface area contributed by atoms with Crippen LogP contribution in [0.5, 0.6) is 0 Å². The third-order valence-electron chi connectivity index (χ3n) is 5.27. The Morgan fingerprint density at radius 2 is 1.88 bits per heavy atom. The van der Waals surface area contributed by atoms with E-state index in [9.17, 15) is 19.5 Å². The minimum absolute atomic E-state index is 0.0354. The fraction of sp³-hybridized carbons (Fsp3) is 0.316. The predicted molar refractivity (Wildman–Crippen MR) is 91.2 cm³/mol. The van der Waals surface area contributed by atoms with Gasteiger partial charge in [-0.2, -0.15) is 0 Å². The summed E-state index contributed by atoms with van der Waals surface area (Å²) in [6, 6.07) is 6.52. The molecule has 6 nitrogen and oxygen atoms in total. The lowest BCUT2D eigenvalue weighted by molar-refractivity contribution is -0.146. The Labute approximate surface area is 143 Å². The van der Waals surface area contributed by atoms with E-state index in [1.54, 1.807) is 18.2 Å². The number of nitrogens with one attached hydrogen (secondary N) is 1. The minimum Gasteiger partial charge on any atom is -0.481 e. The summed E-state index contributed by atoms with van der Waals surface area (Å²) in [6.07, 6.45) is 4.55. The zero-order valence-corrected chi connectivity index (χ0v) is 13.6. The second-order valence-corrected chi connectivity index (χ2v) is 6.79. The lowest BCUT2D eigenvalue weighted by Gasteiger charge is -2.23. The maximum Gasteiger partial charge on any atom is 0.336 e. The lowest BCUT2D eigenvalue weighted by Crippen LogP contribution is -2.36. The van der Waals surface area contributed by atoms with Gasteiger partial charge in [0.25, 0.3) is 0 Å². The van der Waals surface area contributed by atoms with Gasteiger partial charge in [0.2, 0.25) is 5.91 Å². The maximum atomic E-state index is 12.7. The first-order chi connectivity index (χ1) is 11.9. The van der Waals surface area contributed by atoms with Crippen molar-refractivity contribution < 1.29 is 19.1 Å². The summed E-state index contributed by atoms with van der Waals surface area (Å²) in [6.45, 7) is 1.82. The van der Waals surface area contributed by atoms with Crippen LogP contribution in [0.4, 0.5) is 5.69 Å². The number of fused-ring (bicyclic) bond motifs is 3. The molecule has 2 aliphatic carbocycles. The highest BCUT2D eigenvalue weighted by Crippen LogP contribution is 2.48. The first kappa shape index (κ1) is 15.6. The highest BCUT2D eigenvalue weighted by Gasteiger charge is 2.51. The number of carbonyl (C=O) groups is 2. The predicted octanol–water partition coefficient (Wildman–Crippen LogP) is 2.56. The molecule has 1 saturated carbocycles. The van der Waals surface area contributed by atoms with Gasteiger partial charge in [-0.25, -0.2) is 4.79 Å². The van der Waals surface area contributed by atoms with E-state index in [1.807, 2.05) is 19.1 Å². The van der Waals surface area contributed by atoms with Gasteiger partial charge in [0.15, 0.2) is 0 Å². The average Bonchev–Trinajstić information content (AvgIpc) is 3.15. The van der Waals surface area contributed by atoms with Crippen LogP contribution in [0.25, 0.3) is 11.0 Å². The summed E-state index contributed by atoms with van der Waals surface area (Å²) in [7, 11) is 0. The molecular weight excluding hydrogens is 322 g/mol. The molecule has 2 bridgehead atoms. The normalized spacial score (nSPS) is 26.9. The zero-order chi connectivity index (χ0) is 17.7. The Kier molecular flexibility index (Phi) is 3.49. The number of hydrogen-bond donors (Lipinski definition) is 2. The van der Waals surface area contributed by atoms with E-state index >= 15 is 0 Å². The summed E-state index contributed by atoms with van der Waals surface area (Å²) >= 11 is 0. The SMILES string of the molecule is Cc1cc(=O)oc2cc(NC(=O)[C@@H]3[C@H](C(=O)O)[C@H]4C=C[C@H]3C4)ccc12. The largest absolute Gasteiger partial charge is 0.481 e. The van der Waals surface area contributed by atoms with Crippen molar-refractivity contribution in [2.45, 2.75) is 13.3 Å². The van der Waals surface area contributed by atoms with Gasteiger partial charge < -0.3 is 14.8 Å². The highest BCUT2D eigenvalue weighted by molar-refractivity contribution is 5.97. The summed E-state index contributed by atoms with van der Waals surface area (Å²) in [4.78, 5) is 35.8. The van der Waals surface area contributed by atoms with Gasteiger partial charge in [-0.15, -0.1) is 0 Å². The van der Waals surface area contributed by atoms with Crippen LogP contribution < -0.4 is 10.9 Å². The van der Waals surface area contributed by atoms with Crippen molar-refractivity contribution >= 4 is 28.5 Å². The fourth-order valence-corrected chi connectivity index (χ4v) is 4.14. The van der Waals surface area contributed by atoms with E-state index in [0.29, 0.717) is 17.7 Å². The molecule has 1 amide bonds. The number of aliphatic carboxylic acids is 1. The van der Waals surface area contributed by atoms with Gasteiger partial charge in [-0.1, -0.05) is 12.2 Å². The maximum absolute atomic E-state index is 12.7. The van der Waals surface area contributed by atoms with Crippen LogP contribution >= 0.6 is 0 Å². The molecule has 1 heterocycles. The number of hydrogen-bond acceptors (Lipinski definition) is 4. The van der Waals surface area contributed by atoms with Gasteiger partial charge in [0, 0.05) is 23.2 Å². The average molecular weight is 339 g/mol. The van der Waals surface area contributed by atoms with Gasteiger partial charge >= 0.3 is 11.6 Å². The van der Waals surface area contributed by atoms with Crippen LogP contribution in [0.2, 0.25) is 0 Å². The van der Waals surface area contributed by atoms with Gasteiger partial charge in [0.05, 0.1) is 11.8 Å². The monoisotopic (exact) mass is 339 g/mol. The number of amides is 1. The molecule has 1 fully saturated rings. The Balaban J connectivity index is 1.63. The number of rotatable bonds is 3. The van der Waals surface area contributed by atoms with E-state index in [0.717, 1.165) is 10.9 Å². The zero-order valence-electron chi connectivity index (χ0n) is 13.6. The molecule has 25 heavy (non-hydrogen) atoms. The molecule has 1 aromatic heterocycles. The molecule has 0 saturated heterocycles. The molecule has 2 aliphatic rings. The molecule has 4 atom stereocenters. The van der Waals surface area contributed by atoms with Crippen LogP contribution in [-0.2, 0) is 9.59 Å². The molecule has 128 valence electrons. The first-order valence-corrected chi connectivity index (χ1v) is 8.20. The van der Waals surface area contributed by atoms with Crippen molar-refractivity contribution in [3.8, 4) is 0 Å². The molecule has 4 rings (SSSR count). The Morgan fingerprint density at radius 3 is 2.60 bits per heavy atom. The van der Waals surface area contributed by atoms with Gasteiger partial charge in [0.1, 0.15) is 5.58 Å². The van der Waals surface area contributed by atoms with Crippen molar-refractivity contribution in [2.24, 2.45) is 23.7 Å². The van der Waals surface area contributed by atoms with E-state index < -0.39 is 23.4 Å². The number of carboxylic acid groups (broad SMARTS) is 1. The lowest BCUT2D eigenvalue weighted by atomic mass is 9.82. The second kappa shape index (κ2) is 5.58. The van der Waals surface area contributed by atoms with Crippen molar-refractivity contribution in [3.05, 3.63) is 52.4 Å². The quantitative estimate of drug-likeness (QED) is 0.662. The summed E-state index contributed by atoms with van der Waals surface area (Å²) in [5, 5.41) is 13.0. The van der Waals surface area contributed by atoms with Crippen molar-refractivity contribution in [2.75, 3.05) is 5.32 Å². The number of benzene rings is 1. The van der Waals surface area contributed by atoms with E-state index in [1.165, 1.54) is 6.07 Å². The molecule has 2 N–H and O–H groups in total. The molecular formula is C19H17NO5. The summed E-state index contributed by atoms with van der Waals surface area (Å²) in [5.41, 5.74) is 1.23. The molecule has 1 aromatic carbocycles. The molecule has 0 spiro atoms. The Bertz CT molecular complexity index is 973. The molecule has 0 unspecified atom stereocenters. The van der Waals surface area contributed by atoms with Crippen molar-refractivity contribution in [1.29, 1.82) is 0 Å². The first-order valence-electron chi connectivity index (χ1n) is 8.20. The number of carboxylic acids is 1. The molecule has 6 heteroatoms. The number of allylic oxidation sites excluding steroid dienone is 2. The standard InChI is InChI=1S/C19H17NO5/c1-9-6-15(21)25-14-8-12(4-5-13(9)14)20-18(22)16-10-2-3-11(7-10)17(16)19(23)24/h2-6,8,10-11,16-17H,7H2,1H3,(H,20,22)(H,23,24)/t10-,11-,16-,17+/m0/s1. The minimum atomic E-state index is -0.933. The third kappa shape index (κ3) is 2.54. The van der Waals surface area contributed by atoms with Crippen LogP contribution in [0.3, 0.4) is 0 Å². The molecule has 0 radical (unpaired) electrons. The van der Waals surface area contributed by atoms with Crippen molar-refractivity contribution in [1.82, 2.24) is 0 Å². The molecule has 2 aromatic rings. The van der Waals surface area contributed by atoms with Crippen LogP contribution in [0.1, 0.15) is 12.0 Å². The summed E-state index contributed by atoms with van der Waals surface area (Å²) < 4.78 is 5.19. The Morgan fingerprint density at radius 1 is 1.16 bits per heavy atom. The number of aryl methyl sites for hydroxylation is 1. The van der Waals surface area contributed by atoms with Gasteiger partial charge in [-0.3, -0.25) is 9.59 Å². The highest BCUT2D eigenvalue weighted by atomic mass is 16.4. The smallest absolute Gasteiger partial charge is 0.336 e. The summed E-state index contributed by atoms with van der Waals surface area (Å²) in [5.74, 6) is -2.61.